The van der Waals surface area contributed by atoms with E-state index < -0.39 is 5.60 Å². The molecule has 0 rings (SSSR count). The van der Waals surface area contributed by atoms with Crippen molar-refractivity contribution >= 4 is 0 Å². The zero-order valence-corrected chi connectivity index (χ0v) is 30.8. The highest BCUT2D eigenvalue weighted by Gasteiger charge is 2.10. The van der Waals surface area contributed by atoms with Crippen molar-refractivity contribution in [1.29, 1.82) is 0 Å². The van der Waals surface area contributed by atoms with Crippen molar-refractivity contribution < 1.29 is 5.11 Å². The van der Waals surface area contributed by atoms with Gasteiger partial charge in [0.05, 0.1) is 5.60 Å². The monoisotopic (exact) mass is 607 g/mol. The van der Waals surface area contributed by atoms with E-state index in [2.05, 4.69) is 6.92 Å². The van der Waals surface area contributed by atoms with Crippen molar-refractivity contribution in [2.24, 2.45) is 0 Å². The highest BCUT2D eigenvalue weighted by Crippen LogP contribution is 2.18. The van der Waals surface area contributed by atoms with Gasteiger partial charge in [0.25, 0.3) is 0 Å². The van der Waals surface area contributed by atoms with Crippen LogP contribution in [0.25, 0.3) is 0 Å². The maximum absolute atomic E-state index is 9.74. The summed E-state index contributed by atoms with van der Waals surface area (Å²) < 4.78 is 0. The molecule has 0 atom stereocenters. The Hall–Kier alpha value is -0.0400. The largest absolute Gasteiger partial charge is 0.390 e. The molecule has 1 heteroatoms. The van der Waals surface area contributed by atoms with Crippen molar-refractivity contribution in [3.05, 3.63) is 0 Å². The minimum atomic E-state index is -0.468. The Bertz CT molecular complexity index is 478. The van der Waals surface area contributed by atoms with Gasteiger partial charge in [0.2, 0.25) is 0 Å². The van der Waals surface area contributed by atoms with E-state index in [1.807, 2.05) is 13.8 Å². The fraction of sp³-hybridized carbons (Fsp3) is 1.00. The van der Waals surface area contributed by atoms with Crippen LogP contribution in [0.5, 0.6) is 0 Å². The second kappa shape index (κ2) is 36.4. The third-order valence-corrected chi connectivity index (χ3v) is 9.89. The molecule has 0 heterocycles. The van der Waals surface area contributed by atoms with Crippen molar-refractivity contribution in [1.82, 2.24) is 0 Å². The van der Waals surface area contributed by atoms with E-state index in [1.54, 1.807) is 0 Å². The van der Waals surface area contributed by atoms with E-state index in [0.717, 1.165) is 6.42 Å². The van der Waals surface area contributed by atoms with Crippen molar-refractivity contribution in [3.63, 3.8) is 0 Å². The number of hydrogen-bond acceptors (Lipinski definition) is 1. The molecule has 1 N–H and O–H groups in total. The second-order valence-corrected chi connectivity index (χ2v) is 15.3. The molecule has 0 saturated heterocycles. The Kier molecular flexibility index (Phi) is 36.4. The first-order chi connectivity index (χ1) is 21.1. The maximum atomic E-state index is 9.74. The van der Waals surface area contributed by atoms with Crippen LogP contribution >= 0.6 is 0 Å². The lowest BCUT2D eigenvalue weighted by Crippen LogP contribution is -2.17. The van der Waals surface area contributed by atoms with Gasteiger partial charge in [0.1, 0.15) is 0 Å². The normalized spacial score (nSPS) is 12.0. The van der Waals surface area contributed by atoms with E-state index in [0.29, 0.717) is 0 Å². The van der Waals surface area contributed by atoms with Crippen LogP contribution in [-0.4, -0.2) is 10.7 Å². The summed E-state index contributed by atoms with van der Waals surface area (Å²) in [7, 11) is 0. The van der Waals surface area contributed by atoms with Gasteiger partial charge >= 0.3 is 0 Å². The zero-order valence-electron chi connectivity index (χ0n) is 30.8. The molecule has 0 fully saturated rings. The third-order valence-electron chi connectivity index (χ3n) is 9.89. The van der Waals surface area contributed by atoms with Crippen LogP contribution < -0.4 is 0 Å². The predicted octanol–water partition coefficient (Wildman–Crippen LogP) is 15.6. The number of rotatable bonds is 38. The summed E-state index contributed by atoms with van der Waals surface area (Å²) in [5.41, 5.74) is -0.468. The van der Waals surface area contributed by atoms with Crippen LogP contribution in [0.15, 0.2) is 0 Å². The van der Waals surface area contributed by atoms with Crippen LogP contribution in [0.4, 0.5) is 0 Å². The average Bonchev–Trinajstić information content (AvgIpc) is 2.98. The molecule has 1 nitrogen and oxygen atoms in total. The first-order valence-electron chi connectivity index (χ1n) is 20.8. The molecule has 0 radical (unpaired) electrons. The van der Waals surface area contributed by atoms with Gasteiger partial charge in [-0.25, -0.2) is 0 Å². The van der Waals surface area contributed by atoms with Crippen LogP contribution in [0, 0.1) is 0 Å². The zero-order chi connectivity index (χ0) is 31.4. The second-order valence-electron chi connectivity index (χ2n) is 15.3. The van der Waals surface area contributed by atoms with E-state index in [9.17, 15) is 5.11 Å². The molecular weight excluding hydrogens is 520 g/mol. The summed E-state index contributed by atoms with van der Waals surface area (Å²) in [4.78, 5) is 0. The lowest BCUT2D eigenvalue weighted by atomic mass is 9.99. The fourth-order valence-electron chi connectivity index (χ4n) is 6.82. The summed E-state index contributed by atoms with van der Waals surface area (Å²) >= 11 is 0. The lowest BCUT2D eigenvalue weighted by Gasteiger charge is -2.16. The summed E-state index contributed by atoms with van der Waals surface area (Å²) in [6, 6.07) is 0. The molecule has 0 saturated carbocycles. The SMILES string of the molecule is CCCCCCCCCCCCCCCCCCCCCCCCCCCCCCCCCCCCCCCC(C)(C)O. The van der Waals surface area contributed by atoms with Gasteiger partial charge in [-0.05, 0) is 20.3 Å². The maximum Gasteiger partial charge on any atom is 0.0591 e. The number of hydrogen-bond donors (Lipinski definition) is 1. The molecule has 0 bridgehead atoms. The van der Waals surface area contributed by atoms with Gasteiger partial charge in [-0.15, -0.1) is 0 Å². The Morgan fingerprint density at radius 2 is 0.395 bits per heavy atom. The molecule has 0 aromatic carbocycles. The van der Waals surface area contributed by atoms with E-state index in [4.69, 9.17) is 0 Å². The van der Waals surface area contributed by atoms with Gasteiger partial charge in [-0.3, -0.25) is 0 Å². The van der Waals surface area contributed by atoms with Crippen LogP contribution in [0.1, 0.15) is 265 Å². The van der Waals surface area contributed by atoms with Crippen molar-refractivity contribution in [2.45, 2.75) is 270 Å². The minimum absolute atomic E-state index is 0.468. The summed E-state index contributed by atoms with van der Waals surface area (Å²) in [6.07, 6.45) is 54.8. The van der Waals surface area contributed by atoms with Gasteiger partial charge in [0.15, 0.2) is 0 Å². The topological polar surface area (TPSA) is 20.2 Å². The molecule has 0 amide bonds. The highest BCUT2D eigenvalue weighted by atomic mass is 16.3. The summed E-state index contributed by atoms with van der Waals surface area (Å²) in [5, 5.41) is 9.74. The Morgan fingerprint density at radius 1 is 0.256 bits per heavy atom. The lowest BCUT2D eigenvalue weighted by molar-refractivity contribution is 0.0680. The summed E-state index contributed by atoms with van der Waals surface area (Å²) in [6.45, 7) is 6.16. The van der Waals surface area contributed by atoms with Crippen LogP contribution in [0.3, 0.4) is 0 Å². The molecular formula is C42H86O. The Morgan fingerprint density at radius 3 is 0.535 bits per heavy atom. The summed E-state index contributed by atoms with van der Waals surface area (Å²) in [5.74, 6) is 0. The molecule has 43 heavy (non-hydrogen) atoms. The highest BCUT2D eigenvalue weighted by molar-refractivity contribution is 4.64. The van der Waals surface area contributed by atoms with Crippen molar-refractivity contribution in [2.75, 3.05) is 0 Å². The number of unbranched alkanes of at least 4 members (excludes halogenated alkanes) is 36. The Balaban J connectivity index is 3.05. The number of aliphatic hydroxyl groups is 1. The molecule has 0 spiro atoms. The van der Waals surface area contributed by atoms with E-state index in [-0.39, 0.29) is 0 Å². The van der Waals surface area contributed by atoms with Crippen molar-refractivity contribution in [3.8, 4) is 0 Å². The quantitative estimate of drug-likeness (QED) is 0.0693. The first kappa shape index (κ1) is 43.0. The predicted molar refractivity (Wildman–Crippen MR) is 197 cm³/mol. The van der Waals surface area contributed by atoms with Gasteiger partial charge in [-0.2, -0.15) is 0 Å². The smallest absolute Gasteiger partial charge is 0.0591 e. The van der Waals surface area contributed by atoms with Gasteiger partial charge in [-0.1, -0.05) is 244 Å². The Labute approximate surface area is 274 Å². The molecule has 0 aromatic rings. The van der Waals surface area contributed by atoms with Gasteiger partial charge < -0.3 is 5.11 Å². The van der Waals surface area contributed by atoms with Crippen LogP contribution in [0.2, 0.25) is 0 Å². The van der Waals surface area contributed by atoms with E-state index >= 15 is 0 Å². The standard InChI is InChI=1S/C42H86O/c1-4-5-6-7-8-9-10-11-12-13-14-15-16-17-18-19-20-21-22-23-24-25-26-27-28-29-30-31-32-33-34-35-36-37-38-39-40-41-42(2,3)43/h43H,4-41H2,1-3H3. The van der Waals surface area contributed by atoms with E-state index in [1.165, 1.54) is 238 Å². The first-order valence-corrected chi connectivity index (χ1v) is 20.8. The third kappa shape index (κ3) is 42.0. The fourth-order valence-corrected chi connectivity index (χ4v) is 6.82. The molecule has 0 aromatic heterocycles. The van der Waals surface area contributed by atoms with Crippen LogP contribution in [-0.2, 0) is 0 Å². The molecule has 0 aliphatic heterocycles. The van der Waals surface area contributed by atoms with Gasteiger partial charge in [0, 0.05) is 0 Å². The molecule has 0 unspecified atom stereocenters. The minimum Gasteiger partial charge on any atom is -0.390 e. The average molecular weight is 607 g/mol. The molecule has 0 aliphatic rings. The molecule has 0 aliphatic carbocycles. The molecule has 260 valence electrons.